The van der Waals surface area contributed by atoms with Crippen LogP contribution in [0.3, 0.4) is 0 Å². The molecule has 1 amide bonds. The van der Waals surface area contributed by atoms with Gasteiger partial charge in [-0.15, -0.1) is 0 Å². The Morgan fingerprint density at radius 3 is 2.37 bits per heavy atom. The number of carbonyl (C=O) groups excluding carboxylic acids is 1. The van der Waals surface area contributed by atoms with E-state index in [1.165, 1.54) is 36.8 Å². The van der Waals surface area contributed by atoms with Crippen molar-refractivity contribution < 1.29 is 26.4 Å². The topological polar surface area (TPSA) is 87.3 Å². The second-order valence-electron chi connectivity index (χ2n) is 11.7. The molecule has 2 aliphatic rings. The van der Waals surface area contributed by atoms with Crippen molar-refractivity contribution in [2.45, 2.75) is 93.5 Å². The van der Waals surface area contributed by atoms with Crippen LogP contribution in [0.15, 0.2) is 77.7 Å². The fraction of sp³-hybridized carbons (Fsp3) is 0.424. The molecule has 230 valence electrons. The lowest BCUT2D eigenvalue weighted by Gasteiger charge is -2.29. The number of amides is 1. The zero-order valence-electron chi connectivity index (χ0n) is 24.2. The van der Waals surface area contributed by atoms with Crippen LogP contribution in [0.4, 0.5) is 13.2 Å². The van der Waals surface area contributed by atoms with Crippen molar-refractivity contribution in [1.29, 1.82) is 0 Å². The van der Waals surface area contributed by atoms with Crippen molar-refractivity contribution in [3.63, 3.8) is 0 Å². The van der Waals surface area contributed by atoms with Crippen molar-refractivity contribution in [2.24, 2.45) is 0 Å². The first-order valence-corrected chi connectivity index (χ1v) is 16.4. The molecule has 6 nitrogen and oxygen atoms in total. The highest BCUT2D eigenvalue weighted by atomic mass is 32.2. The van der Waals surface area contributed by atoms with Crippen molar-refractivity contribution in [3.8, 4) is 0 Å². The molecule has 0 aromatic heterocycles. The molecule has 3 atom stereocenters. The molecule has 3 aromatic carbocycles. The van der Waals surface area contributed by atoms with E-state index in [4.69, 9.17) is 0 Å². The fourth-order valence-electron chi connectivity index (χ4n) is 6.24. The van der Waals surface area contributed by atoms with Gasteiger partial charge in [0.2, 0.25) is 15.9 Å². The molecular weight excluding hydrogens is 575 g/mol. The zero-order valence-corrected chi connectivity index (χ0v) is 25.0. The standard InChI is InChI=1S/C33H38F3N3O3S/c1-22(37-27-13-5-6-14-27)24-17-18-29-25(19-24)11-7-16-30(29)38-32(40)21-31(23-9-3-2-4-10-23)39-43(41,42)28-15-8-12-26(20-28)33(34,35)36/h2-4,8-10,12,15,17-20,22,27,30-31,37,39H,5-7,11,13-14,16,21H2,1H3,(H,38,40)/t22?,30-,31-/m1/s1. The van der Waals surface area contributed by atoms with Crippen LogP contribution in [0.1, 0.15) is 97.8 Å². The van der Waals surface area contributed by atoms with Gasteiger partial charge in [0.15, 0.2) is 0 Å². The van der Waals surface area contributed by atoms with Gasteiger partial charge in [-0.25, -0.2) is 13.1 Å². The molecule has 0 saturated heterocycles. The predicted octanol–water partition coefficient (Wildman–Crippen LogP) is 6.90. The molecular formula is C33H38F3N3O3S. The average molecular weight is 614 g/mol. The van der Waals surface area contributed by atoms with E-state index in [1.807, 2.05) is 0 Å². The first-order valence-electron chi connectivity index (χ1n) is 14.9. The Labute approximate surface area is 251 Å². The molecule has 43 heavy (non-hydrogen) atoms. The maximum Gasteiger partial charge on any atom is 0.416 e. The van der Waals surface area contributed by atoms with E-state index in [0.717, 1.165) is 43.0 Å². The summed E-state index contributed by atoms with van der Waals surface area (Å²) in [6, 6.07) is 18.2. The summed E-state index contributed by atoms with van der Waals surface area (Å²) in [4.78, 5) is 12.9. The van der Waals surface area contributed by atoms with E-state index < -0.39 is 32.7 Å². The Morgan fingerprint density at radius 1 is 0.907 bits per heavy atom. The molecule has 3 aromatic rings. The third kappa shape index (κ3) is 7.85. The number of hydrogen-bond donors (Lipinski definition) is 3. The summed E-state index contributed by atoms with van der Waals surface area (Å²) in [5.74, 6) is -0.348. The summed E-state index contributed by atoms with van der Waals surface area (Å²) in [5.41, 5.74) is 2.97. The first-order chi connectivity index (χ1) is 20.5. The Balaban J connectivity index is 1.30. The Morgan fingerprint density at radius 2 is 1.65 bits per heavy atom. The third-order valence-electron chi connectivity index (χ3n) is 8.52. The van der Waals surface area contributed by atoms with Crippen LogP contribution < -0.4 is 15.4 Å². The summed E-state index contributed by atoms with van der Waals surface area (Å²) in [6.07, 6.45) is 2.67. The minimum Gasteiger partial charge on any atom is -0.349 e. The van der Waals surface area contributed by atoms with Crippen LogP contribution in [0.25, 0.3) is 0 Å². The largest absolute Gasteiger partial charge is 0.416 e. The van der Waals surface area contributed by atoms with Gasteiger partial charge in [0.05, 0.1) is 22.5 Å². The molecule has 0 bridgehead atoms. The van der Waals surface area contributed by atoms with Gasteiger partial charge < -0.3 is 10.6 Å². The number of benzene rings is 3. The number of carbonyl (C=O) groups is 1. The van der Waals surface area contributed by atoms with Gasteiger partial charge >= 0.3 is 6.18 Å². The Hall–Kier alpha value is -3.21. The number of nitrogens with one attached hydrogen (secondary N) is 3. The lowest BCUT2D eigenvalue weighted by molar-refractivity contribution is -0.137. The van der Waals surface area contributed by atoms with Crippen molar-refractivity contribution >= 4 is 15.9 Å². The molecule has 10 heteroatoms. The number of rotatable bonds is 10. The molecule has 0 radical (unpaired) electrons. The van der Waals surface area contributed by atoms with Crippen LogP contribution in [0.5, 0.6) is 0 Å². The van der Waals surface area contributed by atoms with Gasteiger partial charge in [-0.3, -0.25) is 4.79 Å². The molecule has 1 saturated carbocycles. The average Bonchev–Trinajstić information content (AvgIpc) is 3.50. The summed E-state index contributed by atoms with van der Waals surface area (Å²) < 4.78 is 68.7. The molecule has 5 rings (SSSR count). The fourth-order valence-corrected chi connectivity index (χ4v) is 7.51. The van der Waals surface area contributed by atoms with Crippen LogP contribution in [-0.4, -0.2) is 20.4 Å². The second-order valence-corrected chi connectivity index (χ2v) is 13.4. The number of alkyl halides is 3. The zero-order chi connectivity index (χ0) is 30.6. The summed E-state index contributed by atoms with van der Waals surface area (Å²) >= 11 is 0. The number of hydrogen-bond acceptors (Lipinski definition) is 4. The lowest BCUT2D eigenvalue weighted by atomic mass is 9.85. The highest BCUT2D eigenvalue weighted by Crippen LogP contribution is 2.34. The van der Waals surface area contributed by atoms with Crippen LogP contribution in [0, 0.1) is 0 Å². The summed E-state index contributed by atoms with van der Waals surface area (Å²) in [6.45, 7) is 2.19. The Bertz CT molecular complexity index is 1520. The van der Waals surface area contributed by atoms with Crippen molar-refractivity contribution in [3.05, 3.63) is 101 Å². The first kappa shape index (κ1) is 31.2. The lowest BCUT2D eigenvalue weighted by Crippen LogP contribution is -2.36. The van der Waals surface area contributed by atoms with E-state index in [-0.39, 0.29) is 24.4 Å². The summed E-state index contributed by atoms with van der Waals surface area (Å²) in [7, 11) is -4.38. The van der Waals surface area contributed by atoms with E-state index in [9.17, 15) is 26.4 Å². The van der Waals surface area contributed by atoms with Crippen molar-refractivity contribution in [2.75, 3.05) is 0 Å². The normalized spacial score (nSPS) is 19.0. The van der Waals surface area contributed by atoms with E-state index >= 15 is 0 Å². The predicted molar refractivity (Wildman–Crippen MR) is 160 cm³/mol. The summed E-state index contributed by atoms with van der Waals surface area (Å²) in [5, 5.41) is 6.84. The molecule has 0 heterocycles. The molecule has 0 aliphatic heterocycles. The minimum absolute atomic E-state index is 0.208. The molecule has 0 spiro atoms. The van der Waals surface area contributed by atoms with Gasteiger partial charge in [-0.2, -0.15) is 13.2 Å². The second kappa shape index (κ2) is 13.2. The van der Waals surface area contributed by atoms with Crippen molar-refractivity contribution in [1.82, 2.24) is 15.4 Å². The highest BCUT2D eigenvalue weighted by molar-refractivity contribution is 7.89. The van der Waals surface area contributed by atoms with Crippen LogP contribution >= 0.6 is 0 Å². The SMILES string of the molecule is CC(NC1CCCC1)c1ccc2c(c1)CCC[C@H]2NC(=O)C[C@@H](NS(=O)(=O)c1cccc(C(F)(F)F)c1)c1ccccc1. The Kier molecular flexibility index (Phi) is 9.58. The number of halogens is 3. The number of sulfonamides is 1. The third-order valence-corrected chi connectivity index (χ3v) is 9.99. The van der Waals surface area contributed by atoms with Gasteiger partial charge in [0.1, 0.15) is 0 Å². The smallest absolute Gasteiger partial charge is 0.349 e. The van der Waals surface area contributed by atoms with E-state index in [2.05, 4.69) is 40.5 Å². The molecule has 3 N–H and O–H groups in total. The quantitative estimate of drug-likeness (QED) is 0.232. The van der Waals surface area contributed by atoms with Crippen LogP contribution in [0.2, 0.25) is 0 Å². The molecule has 1 unspecified atom stereocenters. The maximum absolute atomic E-state index is 13.4. The van der Waals surface area contributed by atoms with Gasteiger partial charge in [-0.1, -0.05) is 67.4 Å². The number of fused-ring (bicyclic) bond motifs is 1. The van der Waals surface area contributed by atoms with Gasteiger partial charge in [0, 0.05) is 18.5 Å². The van der Waals surface area contributed by atoms with Gasteiger partial charge in [0.25, 0.3) is 0 Å². The molecule has 1 fully saturated rings. The van der Waals surface area contributed by atoms with E-state index in [1.54, 1.807) is 30.3 Å². The molecule has 2 aliphatic carbocycles. The van der Waals surface area contributed by atoms with E-state index in [0.29, 0.717) is 17.7 Å². The maximum atomic E-state index is 13.4. The van der Waals surface area contributed by atoms with Crippen LogP contribution in [-0.2, 0) is 27.4 Å². The van der Waals surface area contributed by atoms with Gasteiger partial charge in [-0.05, 0) is 79.5 Å². The highest BCUT2D eigenvalue weighted by Gasteiger charge is 2.33. The number of aryl methyl sites for hydroxylation is 1. The monoisotopic (exact) mass is 613 g/mol. The minimum atomic E-state index is -4.69.